The first-order valence-electron chi connectivity index (χ1n) is 10.3. The van der Waals surface area contributed by atoms with E-state index in [0.717, 1.165) is 12.8 Å². The molecule has 1 heterocycles. The molecule has 0 saturated heterocycles. The molecule has 0 aliphatic carbocycles. The zero-order valence-electron chi connectivity index (χ0n) is 16.4. The van der Waals surface area contributed by atoms with Crippen LogP contribution >= 0.6 is 0 Å². The lowest BCUT2D eigenvalue weighted by atomic mass is 10.0. The van der Waals surface area contributed by atoms with Gasteiger partial charge in [0, 0.05) is 19.5 Å². The van der Waals surface area contributed by atoms with Gasteiger partial charge < -0.3 is 9.64 Å². The Labute approximate surface area is 154 Å². The van der Waals surface area contributed by atoms with Crippen LogP contribution < -0.4 is 0 Å². The molecule has 4 heteroatoms. The van der Waals surface area contributed by atoms with Gasteiger partial charge in [-0.3, -0.25) is 9.59 Å². The number of carbonyl (C=O) groups is 2. The highest BCUT2D eigenvalue weighted by Gasteiger charge is 2.20. The van der Waals surface area contributed by atoms with Gasteiger partial charge in [0.25, 0.3) is 0 Å². The second kappa shape index (κ2) is 13.9. The van der Waals surface area contributed by atoms with Crippen LogP contribution in [-0.2, 0) is 14.3 Å². The molecule has 0 N–H and O–H groups in total. The summed E-state index contributed by atoms with van der Waals surface area (Å²) in [4.78, 5) is 24.6. The maximum absolute atomic E-state index is 11.7. The molecule has 0 aromatic carbocycles. The standard InChI is InChI=1S/C21H37NO3/c1-3-4-5-6-7-8-9-10-11-12-13-14-15-16-21(24)25-19-17-20(23)22(2)18-19/h17H,3-16,18H2,1-2H3. The summed E-state index contributed by atoms with van der Waals surface area (Å²) in [6.07, 6.45) is 18.7. The topological polar surface area (TPSA) is 46.6 Å². The van der Waals surface area contributed by atoms with E-state index in [0.29, 0.717) is 18.7 Å². The number of unbranched alkanes of at least 4 members (excludes halogenated alkanes) is 12. The lowest BCUT2D eigenvalue weighted by Gasteiger charge is -2.08. The second-order valence-corrected chi connectivity index (χ2v) is 7.27. The molecule has 25 heavy (non-hydrogen) atoms. The fourth-order valence-corrected chi connectivity index (χ4v) is 3.15. The molecule has 0 aromatic heterocycles. The molecule has 0 spiro atoms. The van der Waals surface area contributed by atoms with E-state index < -0.39 is 0 Å². The van der Waals surface area contributed by atoms with Crippen molar-refractivity contribution in [2.45, 2.75) is 96.8 Å². The Morgan fingerprint density at radius 3 is 1.84 bits per heavy atom. The van der Waals surface area contributed by atoms with E-state index in [9.17, 15) is 9.59 Å². The van der Waals surface area contributed by atoms with Gasteiger partial charge in [0.05, 0.1) is 6.54 Å². The van der Waals surface area contributed by atoms with E-state index in [4.69, 9.17) is 4.74 Å². The molecule has 1 amide bonds. The molecule has 144 valence electrons. The maximum Gasteiger partial charge on any atom is 0.310 e. The summed E-state index contributed by atoms with van der Waals surface area (Å²) < 4.78 is 5.22. The van der Waals surface area contributed by atoms with Crippen LogP contribution in [-0.4, -0.2) is 30.4 Å². The van der Waals surface area contributed by atoms with Gasteiger partial charge in [-0.25, -0.2) is 0 Å². The van der Waals surface area contributed by atoms with Gasteiger partial charge in [-0.15, -0.1) is 0 Å². The molecule has 0 fully saturated rings. The second-order valence-electron chi connectivity index (χ2n) is 7.27. The van der Waals surface area contributed by atoms with Crippen LogP contribution in [0.5, 0.6) is 0 Å². The van der Waals surface area contributed by atoms with Crippen LogP contribution in [0.3, 0.4) is 0 Å². The predicted molar refractivity (Wildman–Crippen MR) is 102 cm³/mol. The smallest absolute Gasteiger partial charge is 0.310 e. The highest BCUT2D eigenvalue weighted by atomic mass is 16.5. The Kier molecular flexibility index (Phi) is 12.1. The maximum atomic E-state index is 11.7. The lowest BCUT2D eigenvalue weighted by Crippen LogP contribution is -2.20. The van der Waals surface area contributed by atoms with Crippen LogP contribution in [0.2, 0.25) is 0 Å². The van der Waals surface area contributed by atoms with Crippen LogP contribution in [0, 0.1) is 0 Å². The third kappa shape index (κ3) is 11.0. The van der Waals surface area contributed by atoms with Crippen LogP contribution in [0.15, 0.2) is 11.8 Å². The number of esters is 1. The van der Waals surface area contributed by atoms with Crippen molar-refractivity contribution in [1.82, 2.24) is 4.90 Å². The zero-order valence-corrected chi connectivity index (χ0v) is 16.4. The van der Waals surface area contributed by atoms with Gasteiger partial charge in [0.2, 0.25) is 5.91 Å². The molecule has 0 unspecified atom stereocenters. The third-order valence-electron chi connectivity index (χ3n) is 4.78. The number of carbonyl (C=O) groups excluding carboxylic acids is 2. The van der Waals surface area contributed by atoms with Crippen molar-refractivity contribution in [3.05, 3.63) is 11.8 Å². The molecule has 0 aromatic rings. The van der Waals surface area contributed by atoms with Crippen molar-refractivity contribution < 1.29 is 14.3 Å². The van der Waals surface area contributed by atoms with Crippen molar-refractivity contribution in [3.63, 3.8) is 0 Å². The first-order valence-corrected chi connectivity index (χ1v) is 10.3. The van der Waals surface area contributed by atoms with Crippen LogP contribution in [0.25, 0.3) is 0 Å². The number of nitrogens with zero attached hydrogens (tertiary/aromatic N) is 1. The quantitative estimate of drug-likeness (QED) is 0.294. The zero-order chi connectivity index (χ0) is 18.3. The number of hydrogen-bond donors (Lipinski definition) is 0. The number of hydrogen-bond acceptors (Lipinski definition) is 3. The van der Waals surface area contributed by atoms with Gasteiger partial charge >= 0.3 is 5.97 Å². The molecular formula is C21H37NO3. The van der Waals surface area contributed by atoms with Gasteiger partial charge in [-0.1, -0.05) is 84.0 Å². The largest absolute Gasteiger partial charge is 0.429 e. The first-order chi connectivity index (χ1) is 12.1. The Morgan fingerprint density at radius 1 is 0.920 bits per heavy atom. The molecule has 0 bridgehead atoms. The Bertz CT molecular complexity index is 417. The molecule has 1 aliphatic heterocycles. The molecule has 0 saturated carbocycles. The Morgan fingerprint density at radius 2 is 1.40 bits per heavy atom. The van der Waals surface area contributed by atoms with Gasteiger partial charge in [0.1, 0.15) is 5.76 Å². The summed E-state index contributed by atoms with van der Waals surface area (Å²) in [7, 11) is 1.70. The SMILES string of the molecule is CCCCCCCCCCCCCCCC(=O)OC1=CC(=O)N(C)C1. The first kappa shape index (κ1) is 21.7. The fourth-order valence-electron chi connectivity index (χ4n) is 3.15. The van der Waals surface area contributed by atoms with Crippen molar-refractivity contribution in [1.29, 1.82) is 0 Å². The monoisotopic (exact) mass is 351 g/mol. The van der Waals surface area contributed by atoms with Crippen molar-refractivity contribution in [3.8, 4) is 0 Å². The van der Waals surface area contributed by atoms with Gasteiger partial charge in [0.15, 0.2) is 0 Å². The highest BCUT2D eigenvalue weighted by molar-refractivity contribution is 5.91. The van der Waals surface area contributed by atoms with E-state index in [-0.39, 0.29) is 11.9 Å². The molecular weight excluding hydrogens is 314 g/mol. The summed E-state index contributed by atoms with van der Waals surface area (Å²) in [6, 6.07) is 0. The van der Waals surface area contributed by atoms with E-state index in [1.165, 1.54) is 81.6 Å². The summed E-state index contributed by atoms with van der Waals surface area (Å²) >= 11 is 0. The van der Waals surface area contributed by atoms with Crippen molar-refractivity contribution in [2.24, 2.45) is 0 Å². The normalized spacial score (nSPS) is 14.1. The van der Waals surface area contributed by atoms with E-state index in [1.54, 1.807) is 7.05 Å². The third-order valence-corrected chi connectivity index (χ3v) is 4.78. The summed E-state index contributed by atoms with van der Waals surface area (Å²) in [6.45, 7) is 2.67. The molecule has 4 nitrogen and oxygen atoms in total. The fraction of sp³-hybridized carbons (Fsp3) is 0.810. The van der Waals surface area contributed by atoms with Crippen LogP contribution in [0.1, 0.15) is 96.8 Å². The minimum Gasteiger partial charge on any atom is -0.429 e. The van der Waals surface area contributed by atoms with Gasteiger partial charge in [-0.05, 0) is 6.42 Å². The van der Waals surface area contributed by atoms with E-state index >= 15 is 0 Å². The molecule has 1 aliphatic rings. The summed E-state index contributed by atoms with van der Waals surface area (Å²) in [5.41, 5.74) is 0. The minimum absolute atomic E-state index is 0.0937. The number of ether oxygens (including phenoxy) is 1. The van der Waals surface area contributed by atoms with E-state index in [1.807, 2.05) is 0 Å². The van der Waals surface area contributed by atoms with Crippen LogP contribution in [0.4, 0.5) is 0 Å². The summed E-state index contributed by atoms with van der Waals surface area (Å²) in [5, 5.41) is 0. The Hall–Kier alpha value is -1.32. The molecule has 1 rings (SSSR count). The lowest BCUT2D eigenvalue weighted by molar-refractivity contribution is -0.139. The average molecular weight is 352 g/mol. The van der Waals surface area contributed by atoms with Crippen molar-refractivity contribution in [2.75, 3.05) is 13.6 Å². The van der Waals surface area contributed by atoms with Gasteiger partial charge in [-0.2, -0.15) is 0 Å². The molecule has 0 atom stereocenters. The Balaban J connectivity index is 1.83. The number of rotatable bonds is 15. The molecule has 0 radical (unpaired) electrons. The highest BCUT2D eigenvalue weighted by Crippen LogP contribution is 2.14. The summed E-state index contributed by atoms with van der Waals surface area (Å²) in [5.74, 6) is 0.174. The number of amides is 1. The van der Waals surface area contributed by atoms with Crippen molar-refractivity contribution >= 4 is 11.9 Å². The predicted octanol–water partition coefficient (Wildman–Crippen LogP) is 5.37. The van der Waals surface area contributed by atoms with E-state index in [2.05, 4.69) is 6.92 Å². The minimum atomic E-state index is -0.211. The average Bonchev–Trinajstić information content (AvgIpc) is 2.89. The number of likely N-dealkylation sites (N-methyl/N-ethyl adjacent to an activating group) is 1.